The molecule has 0 unspecified atom stereocenters. The van der Waals surface area contributed by atoms with E-state index in [1.807, 2.05) is 4.90 Å². The lowest BCUT2D eigenvalue weighted by Crippen LogP contribution is -2.53. The number of carbonyl (C=O) groups excluding carboxylic acids is 1. The predicted molar refractivity (Wildman–Crippen MR) is 109 cm³/mol. The fourth-order valence-electron chi connectivity index (χ4n) is 3.16. The molecule has 1 amide bonds. The molecular weight excluding hydrogens is 383 g/mol. The number of hydrogen-bond acceptors (Lipinski definition) is 4. The van der Waals surface area contributed by atoms with Crippen molar-refractivity contribution in [3.8, 4) is 0 Å². The van der Waals surface area contributed by atoms with Crippen LogP contribution < -0.4 is 5.32 Å². The number of hydrogen-bond donors (Lipinski definition) is 1. The molecule has 5 nitrogen and oxygen atoms in total. The maximum absolute atomic E-state index is 12.4. The lowest BCUT2D eigenvalue weighted by Gasteiger charge is -2.36. The second kappa shape index (κ2) is 12.7. The lowest BCUT2D eigenvalue weighted by atomic mass is 10.2. The molecule has 1 aromatic rings. The topological polar surface area (TPSA) is 38.8 Å². The minimum atomic E-state index is 0. The largest absolute Gasteiger partial charge is 0.339 e. The molecule has 2 heterocycles. The van der Waals surface area contributed by atoms with Gasteiger partial charge in [-0.1, -0.05) is 30.3 Å². The summed E-state index contributed by atoms with van der Waals surface area (Å²) in [6, 6.07) is 10.6. The zero-order valence-electron chi connectivity index (χ0n) is 14.4. The number of nitrogens with zero attached hydrogens (tertiary/aromatic N) is 3. The van der Waals surface area contributed by atoms with Gasteiger partial charge in [0.1, 0.15) is 0 Å². The Kier molecular flexibility index (Phi) is 12.5. The molecule has 0 aliphatic carbocycles. The van der Waals surface area contributed by atoms with Gasteiger partial charge >= 0.3 is 0 Å². The first-order valence-electron chi connectivity index (χ1n) is 8.28. The molecule has 1 N–H and O–H groups in total. The summed E-state index contributed by atoms with van der Waals surface area (Å²) >= 11 is 0. The Labute approximate surface area is 169 Å². The van der Waals surface area contributed by atoms with Crippen LogP contribution in [-0.4, -0.2) is 79.5 Å². The SMILES string of the molecule is Cl.Cl.Cl.O=C(CN1CCNCC1)N1CCN(Cc2ccccc2)CC1. The first-order valence-corrected chi connectivity index (χ1v) is 8.28. The third-order valence-corrected chi connectivity index (χ3v) is 4.54. The summed E-state index contributed by atoms with van der Waals surface area (Å²) in [6.45, 7) is 9.20. The molecule has 25 heavy (non-hydrogen) atoms. The van der Waals surface area contributed by atoms with Gasteiger partial charge < -0.3 is 10.2 Å². The Bertz CT molecular complexity index is 478. The van der Waals surface area contributed by atoms with E-state index < -0.39 is 0 Å². The fourth-order valence-corrected chi connectivity index (χ4v) is 3.16. The van der Waals surface area contributed by atoms with Crippen molar-refractivity contribution in [3.63, 3.8) is 0 Å². The van der Waals surface area contributed by atoms with E-state index in [0.717, 1.165) is 58.9 Å². The van der Waals surface area contributed by atoms with Crippen LogP contribution in [-0.2, 0) is 11.3 Å². The van der Waals surface area contributed by atoms with Gasteiger partial charge in [0.25, 0.3) is 0 Å². The van der Waals surface area contributed by atoms with Gasteiger partial charge in [-0.2, -0.15) is 0 Å². The van der Waals surface area contributed by atoms with Crippen molar-refractivity contribution in [2.24, 2.45) is 0 Å². The van der Waals surface area contributed by atoms with Crippen LogP contribution in [0.4, 0.5) is 0 Å². The van der Waals surface area contributed by atoms with Crippen molar-refractivity contribution < 1.29 is 4.79 Å². The summed E-state index contributed by atoms with van der Waals surface area (Å²) in [7, 11) is 0. The standard InChI is InChI=1S/C17H26N4O.3ClH/c22-17(15-19-8-6-18-7-9-19)21-12-10-20(11-13-21)14-16-4-2-1-3-5-16;;;/h1-5,18H,6-15H2;3*1H. The minimum Gasteiger partial charge on any atom is -0.339 e. The first-order chi connectivity index (χ1) is 10.8. The summed E-state index contributed by atoms with van der Waals surface area (Å²) < 4.78 is 0. The molecule has 0 atom stereocenters. The Morgan fingerprint density at radius 3 is 2.04 bits per heavy atom. The average Bonchev–Trinajstić information content (AvgIpc) is 2.57. The predicted octanol–water partition coefficient (Wildman–Crippen LogP) is 1.50. The van der Waals surface area contributed by atoms with Crippen molar-refractivity contribution in [2.75, 3.05) is 58.9 Å². The van der Waals surface area contributed by atoms with E-state index in [0.29, 0.717) is 12.5 Å². The second-order valence-corrected chi connectivity index (χ2v) is 6.17. The molecule has 2 fully saturated rings. The Morgan fingerprint density at radius 2 is 1.44 bits per heavy atom. The van der Waals surface area contributed by atoms with Gasteiger partial charge in [0.05, 0.1) is 6.54 Å². The molecular formula is C17H29Cl3N4O. The van der Waals surface area contributed by atoms with Crippen LogP contribution >= 0.6 is 37.2 Å². The van der Waals surface area contributed by atoms with E-state index in [4.69, 9.17) is 0 Å². The van der Waals surface area contributed by atoms with E-state index >= 15 is 0 Å². The van der Waals surface area contributed by atoms with Crippen molar-refractivity contribution in [1.29, 1.82) is 0 Å². The lowest BCUT2D eigenvalue weighted by molar-refractivity contribution is -0.134. The van der Waals surface area contributed by atoms with Gasteiger partial charge in [-0.15, -0.1) is 37.2 Å². The van der Waals surface area contributed by atoms with Crippen molar-refractivity contribution in [1.82, 2.24) is 20.0 Å². The third-order valence-electron chi connectivity index (χ3n) is 4.54. The Balaban J connectivity index is 0.00000192. The Morgan fingerprint density at radius 1 is 0.840 bits per heavy atom. The normalized spacial score (nSPS) is 18.5. The van der Waals surface area contributed by atoms with Crippen molar-refractivity contribution in [2.45, 2.75) is 6.54 Å². The molecule has 0 radical (unpaired) electrons. The molecule has 0 spiro atoms. The molecule has 3 rings (SSSR count). The highest BCUT2D eigenvalue weighted by Crippen LogP contribution is 2.09. The number of nitrogens with one attached hydrogen (secondary N) is 1. The smallest absolute Gasteiger partial charge is 0.236 e. The van der Waals surface area contributed by atoms with Crippen LogP contribution in [0.5, 0.6) is 0 Å². The van der Waals surface area contributed by atoms with Crippen LogP contribution in [0.25, 0.3) is 0 Å². The molecule has 8 heteroatoms. The van der Waals surface area contributed by atoms with Crippen molar-refractivity contribution in [3.05, 3.63) is 35.9 Å². The monoisotopic (exact) mass is 410 g/mol. The number of amides is 1. The number of rotatable bonds is 4. The van der Waals surface area contributed by atoms with Crippen LogP contribution in [0.1, 0.15) is 5.56 Å². The van der Waals surface area contributed by atoms with E-state index in [1.165, 1.54) is 5.56 Å². The Hall–Kier alpha value is -0.560. The molecule has 2 aliphatic heterocycles. The fraction of sp³-hybridized carbons (Fsp3) is 0.588. The molecule has 0 saturated carbocycles. The summed E-state index contributed by atoms with van der Waals surface area (Å²) in [5.41, 5.74) is 1.35. The van der Waals surface area contributed by atoms with Crippen LogP contribution in [0.3, 0.4) is 0 Å². The minimum absolute atomic E-state index is 0. The quantitative estimate of drug-likeness (QED) is 0.815. The maximum atomic E-state index is 12.4. The molecule has 0 bridgehead atoms. The summed E-state index contributed by atoms with van der Waals surface area (Å²) in [5.74, 6) is 0.293. The summed E-state index contributed by atoms with van der Waals surface area (Å²) in [6.07, 6.45) is 0. The summed E-state index contributed by atoms with van der Waals surface area (Å²) in [5, 5.41) is 3.32. The molecule has 0 aromatic heterocycles. The van der Waals surface area contributed by atoms with Crippen LogP contribution in [0.2, 0.25) is 0 Å². The van der Waals surface area contributed by atoms with Crippen LogP contribution in [0, 0.1) is 0 Å². The van der Waals surface area contributed by atoms with Crippen LogP contribution in [0.15, 0.2) is 30.3 Å². The van der Waals surface area contributed by atoms with E-state index in [1.54, 1.807) is 0 Å². The highest BCUT2D eigenvalue weighted by atomic mass is 35.5. The highest BCUT2D eigenvalue weighted by molar-refractivity contribution is 5.86. The van der Waals surface area contributed by atoms with Gasteiger partial charge in [0.2, 0.25) is 5.91 Å². The van der Waals surface area contributed by atoms with E-state index in [2.05, 4.69) is 45.4 Å². The van der Waals surface area contributed by atoms with Crippen molar-refractivity contribution >= 4 is 43.1 Å². The van der Waals surface area contributed by atoms with Gasteiger partial charge in [-0.3, -0.25) is 14.6 Å². The van der Waals surface area contributed by atoms with Gasteiger partial charge in [-0.25, -0.2) is 0 Å². The average molecular weight is 412 g/mol. The van der Waals surface area contributed by atoms with E-state index in [-0.39, 0.29) is 37.2 Å². The zero-order chi connectivity index (χ0) is 15.2. The number of benzene rings is 1. The first kappa shape index (κ1) is 24.4. The third kappa shape index (κ3) is 7.69. The molecule has 1 aromatic carbocycles. The van der Waals surface area contributed by atoms with Gasteiger partial charge in [-0.05, 0) is 5.56 Å². The molecule has 2 saturated heterocycles. The van der Waals surface area contributed by atoms with Gasteiger partial charge in [0.15, 0.2) is 0 Å². The number of carbonyl (C=O) groups is 1. The second-order valence-electron chi connectivity index (χ2n) is 6.17. The number of halogens is 3. The van der Waals surface area contributed by atoms with Gasteiger partial charge in [0, 0.05) is 58.9 Å². The maximum Gasteiger partial charge on any atom is 0.236 e. The summed E-state index contributed by atoms with van der Waals surface area (Å²) in [4.78, 5) is 19.1. The molecule has 144 valence electrons. The number of piperazine rings is 2. The highest BCUT2D eigenvalue weighted by Gasteiger charge is 2.23. The van der Waals surface area contributed by atoms with E-state index in [9.17, 15) is 4.79 Å². The zero-order valence-corrected chi connectivity index (χ0v) is 16.9. The molecule has 2 aliphatic rings.